The number of carbonyl (C=O) groups is 1. The topological polar surface area (TPSA) is 42.0 Å². The van der Waals surface area contributed by atoms with Crippen LogP contribution < -0.4 is 5.32 Å². The van der Waals surface area contributed by atoms with Crippen molar-refractivity contribution in [2.45, 2.75) is 26.2 Å². The van der Waals surface area contributed by atoms with Crippen LogP contribution in [0.2, 0.25) is 0 Å². The van der Waals surface area contributed by atoms with E-state index in [2.05, 4.69) is 45.3 Å². The van der Waals surface area contributed by atoms with Gasteiger partial charge in [0, 0.05) is 10.0 Å². The van der Waals surface area contributed by atoms with Crippen molar-refractivity contribution in [2.75, 3.05) is 5.32 Å². The van der Waals surface area contributed by atoms with Gasteiger partial charge in [-0.25, -0.2) is 4.98 Å². The summed E-state index contributed by atoms with van der Waals surface area (Å²) < 4.78 is 2.09. The van der Waals surface area contributed by atoms with Crippen LogP contribution in [0.5, 0.6) is 0 Å². The number of benzene rings is 3. The molecule has 3 nitrogen and oxygen atoms in total. The van der Waals surface area contributed by atoms with Gasteiger partial charge in [0.05, 0.1) is 10.2 Å². The summed E-state index contributed by atoms with van der Waals surface area (Å²) in [4.78, 5) is 17.4. The molecule has 0 aliphatic carbocycles. The molecule has 3 aromatic carbocycles. The van der Waals surface area contributed by atoms with E-state index in [1.54, 1.807) is 0 Å². The Balaban J connectivity index is 1.62. The van der Waals surface area contributed by atoms with Crippen molar-refractivity contribution in [3.05, 3.63) is 70.2 Å². The zero-order valence-corrected chi connectivity index (χ0v) is 17.4. The van der Waals surface area contributed by atoms with Crippen LogP contribution in [-0.2, 0) is 6.42 Å². The molecule has 0 radical (unpaired) electrons. The van der Waals surface area contributed by atoms with Crippen molar-refractivity contribution >= 4 is 59.3 Å². The molecule has 1 amide bonds. The van der Waals surface area contributed by atoms with Crippen molar-refractivity contribution in [3.8, 4) is 0 Å². The highest BCUT2D eigenvalue weighted by molar-refractivity contribution is 9.10. The lowest BCUT2D eigenvalue weighted by Crippen LogP contribution is -2.12. The maximum absolute atomic E-state index is 12.9. The number of amides is 1. The molecule has 0 unspecified atom stereocenters. The number of aryl methyl sites for hydroxylation is 1. The maximum atomic E-state index is 12.9. The van der Waals surface area contributed by atoms with Crippen molar-refractivity contribution in [2.24, 2.45) is 0 Å². The largest absolute Gasteiger partial charge is 0.298 e. The van der Waals surface area contributed by atoms with Crippen molar-refractivity contribution in [1.29, 1.82) is 0 Å². The van der Waals surface area contributed by atoms with Gasteiger partial charge >= 0.3 is 0 Å². The fourth-order valence-corrected chi connectivity index (χ4v) is 4.62. The Morgan fingerprint density at radius 2 is 1.93 bits per heavy atom. The minimum atomic E-state index is -0.135. The van der Waals surface area contributed by atoms with Crippen molar-refractivity contribution in [1.82, 2.24) is 4.98 Å². The molecule has 5 heteroatoms. The molecule has 0 atom stereocenters. The van der Waals surface area contributed by atoms with Crippen LogP contribution in [0.4, 0.5) is 5.13 Å². The molecule has 1 N–H and O–H groups in total. The summed E-state index contributed by atoms with van der Waals surface area (Å²) in [6.07, 6.45) is 3.45. The quantitative estimate of drug-likeness (QED) is 0.371. The summed E-state index contributed by atoms with van der Waals surface area (Å²) in [5.74, 6) is -0.135. The number of unbranched alkanes of at least 4 members (excludes halogenated alkanes) is 1. The monoisotopic (exact) mass is 438 g/mol. The van der Waals surface area contributed by atoms with Crippen LogP contribution in [0, 0.1) is 0 Å². The molecule has 136 valence electrons. The number of aromatic nitrogens is 1. The molecular formula is C22H19BrN2OS. The molecule has 4 rings (SSSR count). The van der Waals surface area contributed by atoms with Gasteiger partial charge in [-0.05, 0) is 53.4 Å². The van der Waals surface area contributed by atoms with Gasteiger partial charge in [0.1, 0.15) is 0 Å². The molecule has 0 spiro atoms. The van der Waals surface area contributed by atoms with E-state index in [0.29, 0.717) is 10.7 Å². The molecule has 0 aliphatic heterocycles. The number of fused-ring (bicyclic) bond motifs is 2. The second-order valence-corrected chi connectivity index (χ2v) is 8.40. The molecular weight excluding hydrogens is 420 g/mol. The van der Waals surface area contributed by atoms with Crippen LogP contribution in [-0.4, -0.2) is 10.9 Å². The molecule has 1 heterocycles. The SMILES string of the molecule is CCCCc1ccc2nc(NC(=O)c3cccc4c(Br)cccc34)sc2c1. The second kappa shape index (κ2) is 7.79. The fraction of sp³-hybridized carbons (Fsp3) is 0.182. The lowest BCUT2D eigenvalue weighted by Gasteiger charge is -2.07. The van der Waals surface area contributed by atoms with Gasteiger partial charge in [0.15, 0.2) is 5.13 Å². The number of hydrogen-bond donors (Lipinski definition) is 1. The average molecular weight is 439 g/mol. The highest BCUT2D eigenvalue weighted by atomic mass is 79.9. The number of thiazole rings is 1. The van der Waals surface area contributed by atoms with E-state index >= 15 is 0 Å². The predicted molar refractivity (Wildman–Crippen MR) is 118 cm³/mol. The van der Waals surface area contributed by atoms with Gasteiger partial charge < -0.3 is 0 Å². The van der Waals surface area contributed by atoms with Gasteiger partial charge in [-0.15, -0.1) is 0 Å². The molecule has 0 bridgehead atoms. The normalized spacial score (nSPS) is 11.2. The first-order valence-corrected chi connectivity index (χ1v) is 10.6. The molecule has 1 aromatic heterocycles. The molecule has 27 heavy (non-hydrogen) atoms. The third-order valence-corrected chi connectivity index (χ3v) is 6.23. The summed E-state index contributed by atoms with van der Waals surface area (Å²) >= 11 is 5.08. The predicted octanol–water partition coefficient (Wildman–Crippen LogP) is 6.81. The molecule has 0 saturated carbocycles. The van der Waals surface area contributed by atoms with Gasteiger partial charge in [0.25, 0.3) is 5.91 Å². The zero-order chi connectivity index (χ0) is 18.8. The number of nitrogens with one attached hydrogen (secondary N) is 1. The summed E-state index contributed by atoms with van der Waals surface area (Å²) in [5.41, 5.74) is 2.90. The Hall–Kier alpha value is -2.24. The van der Waals surface area contributed by atoms with Crippen LogP contribution in [0.3, 0.4) is 0 Å². The first-order chi connectivity index (χ1) is 13.2. The smallest absolute Gasteiger partial charge is 0.258 e. The van der Waals surface area contributed by atoms with Gasteiger partial charge in [-0.2, -0.15) is 0 Å². The standard InChI is InChI=1S/C22H19BrN2OS/c1-2-3-6-14-11-12-19-20(13-14)27-22(24-19)25-21(26)17-9-4-8-16-15(17)7-5-10-18(16)23/h4-5,7-13H,2-3,6H2,1H3,(H,24,25,26). The third kappa shape index (κ3) is 3.75. The minimum absolute atomic E-state index is 0.135. The summed E-state index contributed by atoms with van der Waals surface area (Å²) in [5, 5.41) is 5.56. The molecule has 0 fully saturated rings. The zero-order valence-electron chi connectivity index (χ0n) is 15.0. The van der Waals surface area contributed by atoms with E-state index in [0.717, 1.165) is 31.9 Å². The van der Waals surface area contributed by atoms with E-state index in [-0.39, 0.29) is 5.91 Å². The summed E-state index contributed by atoms with van der Waals surface area (Å²) in [6.45, 7) is 2.20. The Labute approximate surface area is 170 Å². The lowest BCUT2D eigenvalue weighted by molar-refractivity contribution is 0.102. The number of anilines is 1. The first kappa shape index (κ1) is 18.1. The average Bonchev–Trinajstić information content (AvgIpc) is 3.07. The Kier molecular flexibility index (Phi) is 5.23. The van der Waals surface area contributed by atoms with Gasteiger partial charge in [-0.1, -0.05) is 70.9 Å². The molecule has 0 saturated heterocycles. The van der Waals surface area contributed by atoms with Crippen LogP contribution in [0.1, 0.15) is 35.7 Å². The summed E-state index contributed by atoms with van der Waals surface area (Å²) in [7, 11) is 0. The lowest BCUT2D eigenvalue weighted by atomic mass is 10.0. The molecule has 4 aromatic rings. The van der Waals surface area contributed by atoms with Gasteiger partial charge in [-0.3, -0.25) is 10.1 Å². The first-order valence-electron chi connectivity index (χ1n) is 9.04. The van der Waals surface area contributed by atoms with E-state index in [4.69, 9.17) is 0 Å². The number of rotatable bonds is 5. The molecule has 0 aliphatic rings. The van der Waals surface area contributed by atoms with E-state index < -0.39 is 0 Å². The highest BCUT2D eigenvalue weighted by Crippen LogP contribution is 2.30. The van der Waals surface area contributed by atoms with Crippen molar-refractivity contribution < 1.29 is 4.79 Å². The van der Waals surface area contributed by atoms with Crippen LogP contribution in [0.15, 0.2) is 59.1 Å². The number of halogens is 1. The number of hydrogen-bond acceptors (Lipinski definition) is 3. The summed E-state index contributed by atoms with van der Waals surface area (Å²) in [6, 6.07) is 18.0. The fourth-order valence-electron chi connectivity index (χ4n) is 3.19. The Bertz CT molecular complexity index is 1140. The van der Waals surface area contributed by atoms with Crippen LogP contribution in [0.25, 0.3) is 21.0 Å². The van der Waals surface area contributed by atoms with Crippen molar-refractivity contribution in [3.63, 3.8) is 0 Å². The van der Waals surface area contributed by atoms with Gasteiger partial charge in [0.2, 0.25) is 0 Å². The minimum Gasteiger partial charge on any atom is -0.298 e. The van der Waals surface area contributed by atoms with E-state index in [9.17, 15) is 4.79 Å². The third-order valence-electron chi connectivity index (χ3n) is 4.61. The van der Waals surface area contributed by atoms with E-state index in [1.165, 1.54) is 29.7 Å². The van der Waals surface area contributed by atoms with E-state index in [1.807, 2.05) is 42.5 Å². The highest BCUT2D eigenvalue weighted by Gasteiger charge is 2.13. The second-order valence-electron chi connectivity index (χ2n) is 6.52. The Morgan fingerprint density at radius 3 is 2.78 bits per heavy atom. The number of carbonyl (C=O) groups excluding carboxylic acids is 1. The number of nitrogens with zero attached hydrogens (tertiary/aromatic N) is 1. The Morgan fingerprint density at radius 1 is 1.11 bits per heavy atom. The van der Waals surface area contributed by atoms with Crippen LogP contribution >= 0.6 is 27.3 Å². The maximum Gasteiger partial charge on any atom is 0.258 e.